The second kappa shape index (κ2) is 7.22. The SMILES string of the molecule is Brc1ccc(C2(c3nnc([C@@H]4COc5ccccc5O4)o3)CCOCC2)cc1. The van der Waals surface area contributed by atoms with Crippen LogP contribution in [0.25, 0.3) is 0 Å². The lowest BCUT2D eigenvalue weighted by Gasteiger charge is -2.34. The van der Waals surface area contributed by atoms with Crippen LogP contribution in [0.1, 0.15) is 36.3 Å². The normalized spacial score (nSPS) is 20.7. The molecule has 3 heterocycles. The highest BCUT2D eigenvalue weighted by molar-refractivity contribution is 9.10. The third kappa shape index (κ3) is 3.08. The summed E-state index contributed by atoms with van der Waals surface area (Å²) >= 11 is 3.51. The van der Waals surface area contributed by atoms with Crippen molar-refractivity contribution in [2.45, 2.75) is 24.4 Å². The van der Waals surface area contributed by atoms with E-state index >= 15 is 0 Å². The van der Waals surface area contributed by atoms with E-state index in [1.54, 1.807) is 0 Å². The van der Waals surface area contributed by atoms with E-state index in [1.807, 2.05) is 36.4 Å². The van der Waals surface area contributed by atoms with Gasteiger partial charge in [-0.05, 0) is 42.7 Å². The summed E-state index contributed by atoms with van der Waals surface area (Å²) in [5.41, 5.74) is 0.804. The zero-order chi connectivity index (χ0) is 19.0. The summed E-state index contributed by atoms with van der Waals surface area (Å²) in [6, 6.07) is 15.9. The summed E-state index contributed by atoms with van der Waals surface area (Å²) in [5, 5.41) is 8.73. The smallest absolute Gasteiger partial charge is 0.260 e. The summed E-state index contributed by atoms with van der Waals surface area (Å²) in [6.07, 6.45) is 1.17. The summed E-state index contributed by atoms with van der Waals surface area (Å²) in [7, 11) is 0. The fraction of sp³-hybridized carbons (Fsp3) is 0.333. The van der Waals surface area contributed by atoms with Crippen LogP contribution < -0.4 is 9.47 Å². The van der Waals surface area contributed by atoms with Gasteiger partial charge >= 0.3 is 0 Å². The topological polar surface area (TPSA) is 66.6 Å². The molecule has 144 valence electrons. The molecule has 1 fully saturated rings. The van der Waals surface area contributed by atoms with Crippen molar-refractivity contribution in [1.82, 2.24) is 10.2 Å². The molecule has 0 radical (unpaired) electrons. The van der Waals surface area contributed by atoms with Gasteiger partial charge in [-0.25, -0.2) is 0 Å². The first-order valence-corrected chi connectivity index (χ1v) is 10.1. The molecular formula is C21H19BrN2O4. The summed E-state index contributed by atoms with van der Waals surface area (Å²) in [6.45, 7) is 1.65. The van der Waals surface area contributed by atoms with Crippen LogP contribution in [-0.4, -0.2) is 30.0 Å². The Morgan fingerprint density at radius 1 is 0.929 bits per heavy atom. The number of nitrogens with zero attached hydrogens (tertiary/aromatic N) is 2. The number of hydrogen-bond acceptors (Lipinski definition) is 6. The van der Waals surface area contributed by atoms with Crippen molar-refractivity contribution in [3.05, 3.63) is 70.3 Å². The monoisotopic (exact) mass is 442 g/mol. The molecule has 2 aliphatic heterocycles. The van der Waals surface area contributed by atoms with Crippen molar-refractivity contribution < 1.29 is 18.6 Å². The first kappa shape index (κ1) is 17.7. The van der Waals surface area contributed by atoms with Crippen LogP contribution in [0.5, 0.6) is 11.5 Å². The third-order valence-corrected chi connectivity index (χ3v) is 5.91. The number of aromatic nitrogens is 2. The Hall–Kier alpha value is -2.38. The Labute approximate surface area is 170 Å². The van der Waals surface area contributed by atoms with Gasteiger partial charge in [-0.1, -0.05) is 40.2 Å². The Morgan fingerprint density at radius 3 is 2.46 bits per heavy atom. The molecule has 0 unspecified atom stereocenters. The van der Waals surface area contributed by atoms with E-state index in [0.717, 1.165) is 28.6 Å². The minimum absolute atomic E-state index is 0.340. The third-order valence-electron chi connectivity index (χ3n) is 5.38. The summed E-state index contributed by atoms with van der Waals surface area (Å²) < 4.78 is 24.6. The largest absolute Gasteiger partial charge is 0.485 e. The van der Waals surface area contributed by atoms with Gasteiger partial charge in [0.1, 0.15) is 6.61 Å². The predicted octanol–water partition coefficient (Wildman–Crippen LogP) is 4.44. The van der Waals surface area contributed by atoms with Crippen LogP contribution in [0.2, 0.25) is 0 Å². The number of hydrogen-bond donors (Lipinski definition) is 0. The second-order valence-electron chi connectivity index (χ2n) is 7.01. The molecule has 5 rings (SSSR count). The molecule has 1 saturated heterocycles. The van der Waals surface area contributed by atoms with Crippen molar-refractivity contribution >= 4 is 15.9 Å². The van der Waals surface area contributed by atoms with Crippen molar-refractivity contribution in [3.8, 4) is 11.5 Å². The van der Waals surface area contributed by atoms with Crippen LogP contribution in [0, 0.1) is 0 Å². The number of halogens is 1. The highest BCUT2D eigenvalue weighted by Gasteiger charge is 2.42. The van der Waals surface area contributed by atoms with Gasteiger partial charge in [0, 0.05) is 17.7 Å². The van der Waals surface area contributed by atoms with E-state index in [0.29, 0.717) is 37.4 Å². The maximum atomic E-state index is 6.17. The molecule has 1 atom stereocenters. The highest BCUT2D eigenvalue weighted by atomic mass is 79.9. The van der Waals surface area contributed by atoms with E-state index in [4.69, 9.17) is 18.6 Å². The molecular weight excluding hydrogens is 424 g/mol. The molecule has 0 spiro atoms. The van der Waals surface area contributed by atoms with Gasteiger partial charge in [-0.2, -0.15) is 0 Å². The van der Waals surface area contributed by atoms with Gasteiger partial charge in [-0.3, -0.25) is 0 Å². The molecule has 0 bridgehead atoms. The molecule has 0 saturated carbocycles. The van der Waals surface area contributed by atoms with E-state index in [-0.39, 0.29) is 5.41 Å². The fourth-order valence-corrected chi connectivity index (χ4v) is 4.08. The average Bonchev–Trinajstić information content (AvgIpc) is 3.25. The summed E-state index contributed by atoms with van der Waals surface area (Å²) in [4.78, 5) is 0. The van der Waals surface area contributed by atoms with Crippen LogP contribution in [0.4, 0.5) is 0 Å². The highest BCUT2D eigenvalue weighted by Crippen LogP contribution is 2.42. The van der Waals surface area contributed by atoms with Crippen LogP contribution in [0.15, 0.2) is 57.4 Å². The summed E-state index contributed by atoms with van der Waals surface area (Å²) in [5.74, 6) is 2.46. The van der Waals surface area contributed by atoms with E-state index in [1.165, 1.54) is 0 Å². The lowest BCUT2D eigenvalue weighted by Crippen LogP contribution is -2.35. The number of ether oxygens (including phenoxy) is 3. The lowest BCUT2D eigenvalue weighted by atomic mass is 9.74. The average molecular weight is 443 g/mol. The fourth-order valence-electron chi connectivity index (χ4n) is 3.81. The van der Waals surface area contributed by atoms with Crippen LogP contribution in [0.3, 0.4) is 0 Å². The van der Waals surface area contributed by atoms with Crippen molar-refractivity contribution in [1.29, 1.82) is 0 Å². The molecule has 28 heavy (non-hydrogen) atoms. The minimum Gasteiger partial charge on any atom is -0.485 e. The molecule has 0 aliphatic carbocycles. The minimum atomic E-state index is -0.419. The Bertz CT molecular complexity index is 967. The lowest BCUT2D eigenvalue weighted by molar-refractivity contribution is 0.0481. The predicted molar refractivity (Wildman–Crippen MR) is 105 cm³/mol. The van der Waals surface area contributed by atoms with E-state index in [9.17, 15) is 0 Å². The molecule has 6 nitrogen and oxygen atoms in total. The second-order valence-corrected chi connectivity index (χ2v) is 7.93. The molecule has 0 amide bonds. The number of para-hydroxylation sites is 2. The maximum absolute atomic E-state index is 6.17. The quantitative estimate of drug-likeness (QED) is 0.597. The van der Waals surface area contributed by atoms with E-state index < -0.39 is 6.10 Å². The molecule has 0 N–H and O–H groups in total. The number of benzene rings is 2. The Kier molecular flexibility index (Phi) is 4.56. The van der Waals surface area contributed by atoms with Gasteiger partial charge in [-0.15, -0.1) is 10.2 Å². The molecule has 2 aliphatic rings. The van der Waals surface area contributed by atoms with Crippen molar-refractivity contribution in [2.24, 2.45) is 0 Å². The Morgan fingerprint density at radius 2 is 1.68 bits per heavy atom. The first-order chi connectivity index (χ1) is 13.7. The Balaban J connectivity index is 1.47. The van der Waals surface area contributed by atoms with Gasteiger partial charge < -0.3 is 18.6 Å². The van der Waals surface area contributed by atoms with Crippen LogP contribution in [-0.2, 0) is 10.2 Å². The zero-order valence-electron chi connectivity index (χ0n) is 15.1. The van der Waals surface area contributed by atoms with Gasteiger partial charge in [0.05, 0.1) is 5.41 Å². The van der Waals surface area contributed by atoms with Crippen molar-refractivity contribution in [3.63, 3.8) is 0 Å². The van der Waals surface area contributed by atoms with Gasteiger partial charge in [0.15, 0.2) is 11.5 Å². The van der Waals surface area contributed by atoms with E-state index in [2.05, 4.69) is 38.3 Å². The van der Waals surface area contributed by atoms with Crippen molar-refractivity contribution in [2.75, 3.05) is 19.8 Å². The standard InChI is InChI=1S/C21H19BrN2O4/c22-15-7-5-14(6-8-15)21(9-11-25-12-10-21)20-24-23-19(28-20)18-13-26-16-3-1-2-4-17(16)27-18/h1-8,18H,9-13H2/t18-/m0/s1. The van der Waals surface area contributed by atoms with Crippen LogP contribution >= 0.6 is 15.9 Å². The number of fused-ring (bicyclic) bond motifs is 1. The molecule has 2 aromatic carbocycles. The molecule has 7 heteroatoms. The maximum Gasteiger partial charge on any atom is 0.260 e. The number of rotatable bonds is 3. The molecule has 3 aromatic rings. The zero-order valence-corrected chi connectivity index (χ0v) is 16.7. The molecule has 1 aromatic heterocycles. The van der Waals surface area contributed by atoms with Gasteiger partial charge in [0.2, 0.25) is 12.0 Å². The first-order valence-electron chi connectivity index (χ1n) is 9.31. The van der Waals surface area contributed by atoms with Gasteiger partial charge in [0.25, 0.3) is 5.89 Å².